The molecule has 0 amide bonds. The molecule has 0 aromatic heterocycles. The topological polar surface area (TPSA) is 26.7 Å². The Balaban J connectivity index is 0.00000151. The fraction of sp³-hybridized carbons (Fsp3) is 0.250. The van der Waals surface area contributed by atoms with Gasteiger partial charge in [-0.3, -0.25) is 0 Å². The molecule has 2 aromatic carbocycles. The van der Waals surface area contributed by atoms with Gasteiger partial charge in [0.15, 0.2) is 0 Å². The molecule has 0 atom stereocenters. The highest BCUT2D eigenvalue weighted by Crippen LogP contribution is 2.69. The molecule has 2 aromatic rings. The van der Waals surface area contributed by atoms with Crippen molar-refractivity contribution in [3.8, 4) is 0 Å². The van der Waals surface area contributed by atoms with E-state index in [1.54, 1.807) is 0 Å². The van der Waals surface area contributed by atoms with Gasteiger partial charge in [0, 0.05) is 82.0 Å². The van der Waals surface area contributed by atoms with E-state index in [1.807, 2.05) is 55.3 Å². The minimum absolute atomic E-state index is 0.742. The van der Waals surface area contributed by atoms with Crippen molar-refractivity contribution in [2.75, 3.05) is 0 Å². The molecule has 0 unspecified atom stereocenters. The lowest BCUT2D eigenvalue weighted by molar-refractivity contribution is 0.650. The highest BCUT2D eigenvalue weighted by molar-refractivity contribution is 14.1. The number of benzene rings is 2. The van der Waals surface area contributed by atoms with E-state index < -0.39 is 4.67 Å². The zero-order chi connectivity index (χ0) is 18.7. The van der Waals surface area contributed by atoms with E-state index in [4.69, 9.17) is 11.8 Å². The molecular weight excluding hydrogens is 617 g/mol. The fourth-order valence-corrected chi connectivity index (χ4v) is 17.3. The second kappa shape index (κ2) is 13.3. The molecule has 0 aliphatic rings. The van der Waals surface area contributed by atoms with Crippen molar-refractivity contribution in [2.24, 2.45) is 0 Å². The molecule has 9 heteroatoms. The van der Waals surface area contributed by atoms with Crippen molar-refractivity contribution >= 4 is 85.3 Å². The average Bonchev–Trinajstić information content (AvgIpc) is 2.57. The predicted molar refractivity (Wildman–Crippen MR) is 135 cm³/mol. The summed E-state index contributed by atoms with van der Waals surface area (Å²) < 4.78 is 1.38. The minimum Gasteiger partial charge on any atom is -0.348 e. The summed E-state index contributed by atoms with van der Waals surface area (Å²) in [5.41, 5.74) is 2.40. The van der Waals surface area contributed by atoms with E-state index in [0.717, 1.165) is 13.1 Å². The van der Waals surface area contributed by atoms with Crippen LogP contribution in [0.15, 0.2) is 60.7 Å². The molecule has 3 nitrogen and oxygen atoms in total. The van der Waals surface area contributed by atoms with Gasteiger partial charge in [-0.25, -0.2) is 0 Å². The first-order valence-electron chi connectivity index (χ1n) is 7.61. The van der Waals surface area contributed by atoms with Crippen molar-refractivity contribution in [3.63, 3.8) is 0 Å². The lowest BCUT2D eigenvalue weighted by Crippen LogP contribution is -2.03. The van der Waals surface area contributed by atoms with Crippen LogP contribution in [-0.2, 0) is 24.9 Å². The third-order valence-corrected chi connectivity index (χ3v) is 12.3. The van der Waals surface area contributed by atoms with Gasteiger partial charge in [0.05, 0.1) is 0 Å². The Morgan fingerprint density at radius 3 is 1.48 bits per heavy atom. The van der Waals surface area contributed by atoms with Crippen LogP contribution in [0.5, 0.6) is 0 Å². The van der Waals surface area contributed by atoms with Gasteiger partial charge in [0.2, 0.25) is 4.67 Å². The third-order valence-electron chi connectivity index (χ3n) is 2.68. The Hall–Kier alpha value is 1.13. The highest BCUT2D eigenvalue weighted by Gasteiger charge is 2.23. The fourth-order valence-electron chi connectivity index (χ4n) is 1.75. The van der Waals surface area contributed by atoms with Gasteiger partial charge in [-0.2, -0.15) is 5.04 Å². The van der Waals surface area contributed by atoms with Gasteiger partial charge in [-0.15, -0.1) is 0 Å². The summed E-state index contributed by atoms with van der Waals surface area (Å²) >= 11 is 12.5. The first-order valence-corrected chi connectivity index (χ1v) is 15.1. The summed E-state index contributed by atoms with van der Waals surface area (Å²) in [6.45, 7) is 5.48. The molecule has 0 heterocycles. The molecule has 0 fully saturated rings. The minimum atomic E-state index is -2.58. The lowest BCUT2D eigenvalue weighted by atomic mass is 10.2. The largest absolute Gasteiger partial charge is 0.348 e. The SMILES string of the molecule is CC.OP(=S)(SN(I)Cc1ccccc1)SN(I)Cc1ccccc1. The van der Waals surface area contributed by atoms with Gasteiger partial charge in [-0.05, 0) is 22.9 Å². The Labute approximate surface area is 192 Å². The Morgan fingerprint density at radius 2 is 1.16 bits per heavy atom. The van der Waals surface area contributed by atoms with Crippen LogP contribution < -0.4 is 0 Å². The van der Waals surface area contributed by atoms with E-state index in [0.29, 0.717) is 0 Å². The van der Waals surface area contributed by atoms with E-state index >= 15 is 0 Å². The summed E-state index contributed by atoms with van der Waals surface area (Å²) in [7, 11) is 0. The van der Waals surface area contributed by atoms with E-state index in [2.05, 4.69) is 70.0 Å². The van der Waals surface area contributed by atoms with E-state index in [-0.39, 0.29) is 0 Å². The van der Waals surface area contributed by atoms with Crippen LogP contribution >= 0.6 is 73.5 Å². The molecule has 0 aliphatic heterocycles. The van der Waals surface area contributed by atoms with Gasteiger partial charge < -0.3 is 4.89 Å². The molecule has 0 saturated heterocycles. The highest BCUT2D eigenvalue weighted by atomic mass is 127. The van der Waals surface area contributed by atoms with E-state index in [1.165, 1.54) is 34.3 Å². The van der Waals surface area contributed by atoms with Gasteiger partial charge in [-0.1, -0.05) is 74.5 Å². The maximum Gasteiger partial charge on any atom is 0.203 e. The predicted octanol–water partition coefficient (Wildman–Crippen LogP) is 7.23. The van der Waals surface area contributed by atoms with Gasteiger partial charge >= 0.3 is 0 Å². The number of hydrogen-bond acceptors (Lipinski definition) is 5. The molecule has 2 rings (SSSR count). The maximum absolute atomic E-state index is 10.6. The smallest absolute Gasteiger partial charge is 0.203 e. The van der Waals surface area contributed by atoms with Crippen molar-refractivity contribution < 1.29 is 4.89 Å². The van der Waals surface area contributed by atoms with Crippen LogP contribution in [0, 0.1) is 0 Å². The lowest BCUT2D eigenvalue weighted by Gasteiger charge is -2.22. The normalized spacial score (nSPS) is 11.3. The summed E-state index contributed by atoms with van der Waals surface area (Å²) in [5.74, 6) is 0. The van der Waals surface area contributed by atoms with Crippen LogP contribution in [-0.4, -0.2) is 9.93 Å². The summed E-state index contributed by atoms with van der Waals surface area (Å²) in [4.78, 5) is 10.6. The number of halogens is 2. The average molecular weight is 638 g/mol. The Kier molecular flexibility index (Phi) is 12.9. The second-order valence-corrected chi connectivity index (χ2v) is 18.2. The molecule has 0 spiro atoms. The van der Waals surface area contributed by atoms with Crippen LogP contribution in [0.2, 0.25) is 0 Å². The van der Waals surface area contributed by atoms with Crippen molar-refractivity contribution in [1.82, 2.24) is 5.04 Å². The standard InChI is InChI=1S/C14H15I2N2OPS3.C2H6/c15-17(11-13-7-3-1-4-8-13)22-20(19,21)23-18(16)12-14-9-5-2-6-10-14;1-2/h1-10H,11-12H2,(H,19,21);1-2H3. The third kappa shape index (κ3) is 10.9. The number of hydrogen-bond donors (Lipinski definition) is 1. The van der Waals surface area contributed by atoms with Crippen LogP contribution in [0.3, 0.4) is 0 Å². The molecular formula is C16H21I2N2OPS3. The maximum atomic E-state index is 10.6. The molecule has 25 heavy (non-hydrogen) atoms. The monoisotopic (exact) mass is 638 g/mol. The summed E-state index contributed by atoms with van der Waals surface area (Å²) in [5, 5.41) is 0. The molecule has 0 saturated carbocycles. The molecule has 0 aliphatic carbocycles. The molecule has 138 valence electrons. The molecule has 1 N–H and O–H groups in total. The van der Waals surface area contributed by atoms with Gasteiger partial charge in [0.25, 0.3) is 0 Å². The Bertz CT molecular complexity index is 599. The van der Waals surface area contributed by atoms with Gasteiger partial charge in [0.1, 0.15) is 0 Å². The summed E-state index contributed by atoms with van der Waals surface area (Å²) in [6, 6.07) is 20.3. The summed E-state index contributed by atoms with van der Waals surface area (Å²) in [6.07, 6.45) is 0. The van der Waals surface area contributed by atoms with Crippen molar-refractivity contribution in [1.29, 1.82) is 0 Å². The van der Waals surface area contributed by atoms with Crippen LogP contribution in [0.25, 0.3) is 0 Å². The quantitative estimate of drug-likeness (QED) is 0.142. The van der Waals surface area contributed by atoms with Crippen molar-refractivity contribution in [2.45, 2.75) is 26.9 Å². The second-order valence-electron chi connectivity index (χ2n) is 4.55. The number of nitrogens with zero attached hydrogens (tertiary/aromatic N) is 2. The Morgan fingerprint density at radius 1 is 0.840 bits per heavy atom. The first-order chi connectivity index (χ1) is 11.9. The van der Waals surface area contributed by atoms with Crippen LogP contribution in [0.1, 0.15) is 25.0 Å². The zero-order valence-corrected chi connectivity index (χ0v) is 21.6. The zero-order valence-electron chi connectivity index (χ0n) is 14.0. The molecule has 0 radical (unpaired) electrons. The van der Waals surface area contributed by atoms with E-state index in [9.17, 15) is 4.89 Å². The van der Waals surface area contributed by atoms with Crippen molar-refractivity contribution in [3.05, 3.63) is 71.8 Å². The molecule has 0 bridgehead atoms. The first kappa shape index (κ1) is 24.2. The number of rotatable bonds is 8. The van der Waals surface area contributed by atoms with Crippen LogP contribution in [0.4, 0.5) is 0 Å².